The van der Waals surface area contributed by atoms with Gasteiger partial charge in [-0.15, -0.1) is 0 Å². The zero-order chi connectivity index (χ0) is 47.2. The van der Waals surface area contributed by atoms with Crippen molar-refractivity contribution in [1.82, 2.24) is 40.9 Å². The molecule has 0 saturated carbocycles. The summed E-state index contributed by atoms with van der Waals surface area (Å²) in [5.41, 5.74) is 6.70. The monoisotopic (exact) mass is 990 g/mol. The Morgan fingerprint density at radius 2 is 1.70 bits per heavy atom. The van der Waals surface area contributed by atoms with Crippen molar-refractivity contribution in [2.24, 2.45) is 0 Å². The molecule has 2 saturated heterocycles. The van der Waals surface area contributed by atoms with Gasteiger partial charge in [0.05, 0.1) is 45.3 Å². The molecule has 0 radical (unpaired) electrons. The number of aromatic nitrogens is 5. The largest absolute Gasteiger partial charge is 0.494 e. The Kier molecular flexibility index (Phi) is 14.3. The Bertz CT molecular complexity index is 2880. The van der Waals surface area contributed by atoms with E-state index in [0.29, 0.717) is 74.8 Å². The minimum atomic E-state index is -2.79. The number of aromatic amines is 1. The van der Waals surface area contributed by atoms with Crippen molar-refractivity contribution in [2.45, 2.75) is 51.0 Å². The van der Waals surface area contributed by atoms with Crippen LogP contribution in [0.4, 0.5) is 34.5 Å². The van der Waals surface area contributed by atoms with Crippen LogP contribution < -0.4 is 46.8 Å². The Balaban J connectivity index is 0.816. The second-order valence-corrected chi connectivity index (χ2v) is 20.8. The number of imide groups is 1. The molecule has 5 heterocycles. The number of methoxy groups -OCH3 is 1. The molecule has 7 N–H and O–H groups in total. The second-order valence-electron chi connectivity index (χ2n) is 16.8. The zero-order valence-corrected chi connectivity index (χ0v) is 40.0. The van der Waals surface area contributed by atoms with Crippen molar-refractivity contribution < 1.29 is 28.5 Å². The number of amides is 4. The van der Waals surface area contributed by atoms with Gasteiger partial charge >= 0.3 is 0 Å². The summed E-state index contributed by atoms with van der Waals surface area (Å²) in [6.07, 6.45) is 9.71. The smallest absolute Gasteiger partial charge is 0.272 e. The highest BCUT2D eigenvalue weighted by atomic mass is 79.9. The predicted octanol–water partition coefficient (Wildman–Crippen LogP) is 6.58. The van der Waals surface area contributed by atoms with Crippen molar-refractivity contribution in [3.63, 3.8) is 0 Å². The maximum atomic E-state index is 13.5. The molecular weight excluding hydrogens is 939 g/mol. The highest BCUT2D eigenvalue weighted by Gasteiger charge is 2.28. The van der Waals surface area contributed by atoms with Crippen LogP contribution in [0, 0.1) is 0 Å². The molecule has 4 amide bonds. The molecule has 0 aliphatic carbocycles. The molecule has 3 aromatic carbocycles. The Morgan fingerprint density at radius 3 is 2.43 bits per heavy atom. The highest BCUT2D eigenvalue weighted by molar-refractivity contribution is 9.10. The summed E-state index contributed by atoms with van der Waals surface area (Å²) in [4.78, 5) is 73.0. The quantitative estimate of drug-likeness (QED) is 0.0308. The molecule has 1 atom stereocenters. The molecule has 8 rings (SSSR count). The zero-order valence-electron chi connectivity index (χ0n) is 37.5. The molecule has 1 unspecified atom stereocenters. The van der Waals surface area contributed by atoms with Crippen LogP contribution in [0.1, 0.15) is 70.5 Å². The summed E-state index contributed by atoms with van der Waals surface area (Å²) in [6, 6.07) is 16.5. The molecule has 2 aliphatic heterocycles. The minimum absolute atomic E-state index is 0.232. The number of benzene rings is 3. The molecule has 2 fully saturated rings. The first kappa shape index (κ1) is 46.8. The first-order valence-corrected chi connectivity index (χ1v) is 25.4. The Labute approximate surface area is 395 Å². The molecule has 20 heteroatoms. The van der Waals surface area contributed by atoms with Gasteiger partial charge in [-0.3, -0.25) is 34.5 Å². The van der Waals surface area contributed by atoms with E-state index in [9.17, 15) is 23.7 Å². The number of aryl methyl sites for hydroxylation is 1. The normalized spacial score (nSPS) is 15.5. The number of fused-ring (bicyclic) bond motifs is 1. The van der Waals surface area contributed by atoms with E-state index in [4.69, 9.17) is 9.72 Å². The number of nitrogens with one attached hydrogen (secondary N) is 7. The molecule has 0 bridgehead atoms. The van der Waals surface area contributed by atoms with Gasteiger partial charge in [0.2, 0.25) is 17.8 Å². The number of piperidine rings is 2. The summed E-state index contributed by atoms with van der Waals surface area (Å²) in [5.74, 6) is -0.233. The lowest BCUT2D eigenvalue weighted by atomic mass is 9.90. The number of carbonyl (C=O) groups excluding carboxylic acids is 4. The number of H-pyrrole nitrogens is 1. The van der Waals surface area contributed by atoms with E-state index in [-0.39, 0.29) is 35.9 Å². The third kappa shape index (κ3) is 11.0. The van der Waals surface area contributed by atoms with Gasteiger partial charge in [0.15, 0.2) is 0 Å². The maximum Gasteiger partial charge on any atom is 0.272 e. The van der Waals surface area contributed by atoms with Gasteiger partial charge in [0.25, 0.3) is 11.8 Å². The SMILES string of the molecule is CCc1cc(Nc2ncc(Br)c(Nc3ccc4nccnc4c3P(C)(C)=O)n2)c(OC)cc1N1CCC(NCCNC(=O)c2c[nH]c(C(=O)Nc3ccc(C4CCC(=O)NC4=O)cc3)c2)CC1. The van der Waals surface area contributed by atoms with Crippen molar-refractivity contribution in [3.8, 4) is 5.75 Å². The van der Waals surface area contributed by atoms with Crippen LogP contribution in [-0.4, -0.2) is 101 Å². The van der Waals surface area contributed by atoms with E-state index < -0.39 is 19.0 Å². The fourth-order valence-corrected chi connectivity index (χ4v) is 10.1. The van der Waals surface area contributed by atoms with E-state index in [2.05, 4.69) is 91.7 Å². The summed E-state index contributed by atoms with van der Waals surface area (Å²) in [7, 11) is -1.15. The van der Waals surface area contributed by atoms with E-state index in [0.717, 1.165) is 54.9 Å². The first-order valence-electron chi connectivity index (χ1n) is 22.0. The van der Waals surface area contributed by atoms with E-state index >= 15 is 0 Å². The van der Waals surface area contributed by atoms with Crippen LogP contribution in [-0.2, 0) is 20.6 Å². The lowest BCUT2D eigenvalue weighted by Crippen LogP contribution is -2.45. The molecule has 3 aromatic heterocycles. The van der Waals surface area contributed by atoms with Gasteiger partial charge in [-0.05, 0) is 102 Å². The number of hydrogen-bond acceptors (Lipinski definition) is 14. The standard InChI is InChI=1S/C47H52BrN12O6P/c1-5-27-22-36(57-47-54-26-33(48)43(59-47)56-35-12-11-34-41(51-18-17-50-34)42(35)67(3,4)65)39(66-2)24-38(27)60-20-14-30(15-21-60)49-16-19-52-44(62)29-23-37(53-25-29)46(64)55-31-8-6-28(7-9-31)32-10-13-40(61)58-45(32)63/h6-9,11-12,17-18,22-26,30,32,49,53H,5,10,13-16,19-21H2,1-4H3,(H,52,62)(H,55,64)(H,58,61,63)(H2,54,56,57,59). The molecule has 18 nitrogen and oxygen atoms in total. The first-order chi connectivity index (χ1) is 32.3. The lowest BCUT2D eigenvalue weighted by Gasteiger charge is -2.35. The van der Waals surface area contributed by atoms with E-state index in [1.807, 2.05) is 12.1 Å². The molecule has 0 spiro atoms. The number of carbonyl (C=O) groups is 4. The van der Waals surface area contributed by atoms with Gasteiger partial charge in [0.1, 0.15) is 29.9 Å². The number of ether oxygens (including phenoxy) is 1. The topological polar surface area (TPSA) is 237 Å². The summed E-state index contributed by atoms with van der Waals surface area (Å²) in [6.45, 7) is 8.21. The van der Waals surface area contributed by atoms with Crippen LogP contribution in [0.3, 0.4) is 0 Å². The Morgan fingerprint density at radius 1 is 0.925 bits per heavy atom. The Hall–Kier alpha value is -6.69. The fraction of sp³-hybridized carbons (Fsp3) is 0.319. The number of rotatable bonds is 16. The summed E-state index contributed by atoms with van der Waals surface area (Å²) >= 11 is 3.57. The van der Waals surface area contributed by atoms with Gasteiger partial charge in [-0.25, -0.2) is 4.98 Å². The average molecular weight is 992 g/mol. The third-order valence-electron chi connectivity index (χ3n) is 11.9. The third-order valence-corrected chi connectivity index (χ3v) is 14.0. The van der Waals surface area contributed by atoms with Crippen LogP contribution in [0.15, 0.2) is 83.9 Å². The molecule has 6 aromatic rings. The van der Waals surface area contributed by atoms with Gasteiger partial charge in [-0.2, -0.15) is 4.98 Å². The molecular formula is C47H52BrN12O6P. The average Bonchev–Trinajstić information content (AvgIpc) is 3.83. The van der Waals surface area contributed by atoms with Gasteiger partial charge < -0.3 is 45.8 Å². The van der Waals surface area contributed by atoms with E-state index in [1.165, 1.54) is 12.3 Å². The maximum absolute atomic E-state index is 13.5. The van der Waals surface area contributed by atoms with Crippen LogP contribution >= 0.6 is 23.1 Å². The van der Waals surface area contributed by atoms with E-state index in [1.54, 1.807) is 63.3 Å². The van der Waals surface area contributed by atoms with Crippen molar-refractivity contribution in [3.05, 3.63) is 106 Å². The highest BCUT2D eigenvalue weighted by Crippen LogP contribution is 2.42. The molecule has 2 aliphatic rings. The second kappa shape index (κ2) is 20.4. The van der Waals surface area contributed by atoms with Crippen molar-refractivity contribution in [1.29, 1.82) is 0 Å². The summed E-state index contributed by atoms with van der Waals surface area (Å²) < 4.78 is 20.0. The summed E-state index contributed by atoms with van der Waals surface area (Å²) in [5, 5.41) is 19.0. The lowest BCUT2D eigenvalue weighted by molar-refractivity contribution is -0.134. The van der Waals surface area contributed by atoms with Gasteiger partial charge in [0, 0.05) is 80.9 Å². The predicted molar refractivity (Wildman–Crippen MR) is 263 cm³/mol. The van der Waals surface area contributed by atoms with Crippen LogP contribution in [0.5, 0.6) is 5.75 Å². The van der Waals surface area contributed by atoms with Crippen molar-refractivity contribution >= 4 is 97.6 Å². The molecule has 348 valence electrons. The van der Waals surface area contributed by atoms with Crippen LogP contribution in [0.2, 0.25) is 0 Å². The van der Waals surface area contributed by atoms with Crippen LogP contribution in [0.25, 0.3) is 11.0 Å². The number of nitrogens with zero attached hydrogens (tertiary/aromatic N) is 5. The minimum Gasteiger partial charge on any atom is -0.494 e. The number of halogens is 1. The number of anilines is 6. The fourth-order valence-electron chi connectivity index (χ4n) is 8.43. The number of hydrogen-bond donors (Lipinski definition) is 7. The molecule has 67 heavy (non-hydrogen) atoms. The van der Waals surface area contributed by atoms with Gasteiger partial charge in [-0.1, -0.05) is 19.1 Å². The van der Waals surface area contributed by atoms with Crippen molar-refractivity contribution in [2.75, 3.05) is 67.5 Å².